The average molecular weight is 271 g/mol. The van der Waals surface area contributed by atoms with Gasteiger partial charge in [0.25, 0.3) is 0 Å². The van der Waals surface area contributed by atoms with E-state index in [0.29, 0.717) is 6.61 Å². The molecule has 2 rings (SSSR count). The van der Waals surface area contributed by atoms with Gasteiger partial charge in [-0.15, -0.1) is 0 Å². The number of hydrogen-bond donors (Lipinski definition) is 1. The molecule has 0 spiro atoms. The summed E-state index contributed by atoms with van der Waals surface area (Å²) in [5.41, 5.74) is 8.22. The third-order valence-corrected chi connectivity index (χ3v) is 3.19. The van der Waals surface area contributed by atoms with Crippen molar-refractivity contribution in [1.29, 1.82) is 0 Å². The first-order chi connectivity index (χ1) is 9.72. The largest absolute Gasteiger partial charge is 0.457 e. The standard InChI is InChI=1S/C17H21NO2/c1-3-17(18)14-7-9-15(10-8-14)20-16-6-4-5-13(11-16)12-19-2/h4-11,17H,3,12,18H2,1-2H3. The van der Waals surface area contributed by atoms with E-state index in [1.165, 1.54) is 0 Å². The summed E-state index contributed by atoms with van der Waals surface area (Å²) in [6, 6.07) is 15.9. The molecule has 3 heteroatoms. The van der Waals surface area contributed by atoms with Crippen LogP contribution in [0.1, 0.15) is 30.5 Å². The molecule has 3 nitrogen and oxygen atoms in total. The van der Waals surface area contributed by atoms with Crippen molar-refractivity contribution >= 4 is 0 Å². The summed E-state index contributed by atoms with van der Waals surface area (Å²) in [5.74, 6) is 1.62. The van der Waals surface area contributed by atoms with Crippen LogP contribution in [0.4, 0.5) is 0 Å². The molecule has 2 aromatic carbocycles. The van der Waals surface area contributed by atoms with E-state index in [0.717, 1.165) is 29.0 Å². The molecule has 0 saturated carbocycles. The molecular formula is C17H21NO2. The number of methoxy groups -OCH3 is 1. The highest BCUT2D eigenvalue weighted by Gasteiger charge is 2.04. The monoisotopic (exact) mass is 271 g/mol. The van der Waals surface area contributed by atoms with Gasteiger partial charge in [-0.3, -0.25) is 0 Å². The van der Waals surface area contributed by atoms with Crippen molar-refractivity contribution in [3.05, 3.63) is 59.7 Å². The van der Waals surface area contributed by atoms with Crippen molar-refractivity contribution in [2.75, 3.05) is 7.11 Å². The zero-order valence-electron chi connectivity index (χ0n) is 12.0. The maximum absolute atomic E-state index is 6.00. The number of rotatable bonds is 6. The Bertz CT molecular complexity index is 537. The van der Waals surface area contributed by atoms with Crippen LogP contribution < -0.4 is 10.5 Å². The maximum Gasteiger partial charge on any atom is 0.127 e. The van der Waals surface area contributed by atoms with Crippen molar-refractivity contribution < 1.29 is 9.47 Å². The Kier molecular flexibility index (Phi) is 5.16. The summed E-state index contributed by atoms with van der Waals surface area (Å²) >= 11 is 0. The normalized spacial score (nSPS) is 12.2. The van der Waals surface area contributed by atoms with Gasteiger partial charge in [-0.2, -0.15) is 0 Å². The molecule has 106 valence electrons. The third-order valence-electron chi connectivity index (χ3n) is 3.19. The zero-order valence-corrected chi connectivity index (χ0v) is 12.0. The second-order valence-corrected chi connectivity index (χ2v) is 4.77. The molecule has 1 unspecified atom stereocenters. The lowest BCUT2D eigenvalue weighted by Gasteiger charge is -2.11. The lowest BCUT2D eigenvalue weighted by Crippen LogP contribution is -2.07. The van der Waals surface area contributed by atoms with Gasteiger partial charge in [0.2, 0.25) is 0 Å². The van der Waals surface area contributed by atoms with Crippen LogP contribution in [-0.4, -0.2) is 7.11 Å². The Balaban J connectivity index is 2.08. The average Bonchev–Trinajstić information content (AvgIpc) is 2.48. The van der Waals surface area contributed by atoms with Crippen LogP contribution in [0.5, 0.6) is 11.5 Å². The van der Waals surface area contributed by atoms with Crippen LogP contribution in [0.25, 0.3) is 0 Å². The SMILES string of the molecule is CCC(N)c1ccc(Oc2cccc(COC)c2)cc1. The van der Waals surface area contributed by atoms with Crippen molar-refractivity contribution in [1.82, 2.24) is 0 Å². The van der Waals surface area contributed by atoms with Gasteiger partial charge in [-0.25, -0.2) is 0 Å². The quantitative estimate of drug-likeness (QED) is 0.862. The number of nitrogens with two attached hydrogens (primary N) is 1. The highest BCUT2D eigenvalue weighted by Crippen LogP contribution is 2.24. The summed E-state index contributed by atoms with van der Waals surface area (Å²) in [6.45, 7) is 2.66. The van der Waals surface area contributed by atoms with Gasteiger partial charge in [-0.05, 0) is 41.8 Å². The lowest BCUT2D eigenvalue weighted by atomic mass is 10.1. The number of ether oxygens (including phenoxy) is 2. The minimum atomic E-state index is 0.0917. The summed E-state index contributed by atoms with van der Waals surface area (Å²) in [4.78, 5) is 0. The third kappa shape index (κ3) is 3.83. The van der Waals surface area contributed by atoms with Crippen LogP contribution in [-0.2, 0) is 11.3 Å². The van der Waals surface area contributed by atoms with E-state index in [9.17, 15) is 0 Å². The minimum absolute atomic E-state index is 0.0917. The fourth-order valence-electron chi connectivity index (χ4n) is 2.02. The predicted octanol–water partition coefficient (Wildman–Crippen LogP) is 4.04. The Hall–Kier alpha value is -1.84. The first-order valence-electron chi connectivity index (χ1n) is 6.84. The van der Waals surface area contributed by atoms with Gasteiger partial charge in [0.15, 0.2) is 0 Å². The molecule has 2 N–H and O–H groups in total. The minimum Gasteiger partial charge on any atom is -0.457 e. The highest BCUT2D eigenvalue weighted by molar-refractivity contribution is 5.35. The molecule has 0 bridgehead atoms. The molecular weight excluding hydrogens is 250 g/mol. The Morgan fingerprint density at radius 1 is 1.05 bits per heavy atom. The molecule has 0 aliphatic rings. The summed E-state index contributed by atoms with van der Waals surface area (Å²) < 4.78 is 11.0. The molecule has 2 aromatic rings. The summed E-state index contributed by atoms with van der Waals surface area (Å²) in [6.07, 6.45) is 0.930. The first-order valence-corrected chi connectivity index (χ1v) is 6.84. The van der Waals surface area contributed by atoms with Gasteiger partial charge in [0.1, 0.15) is 11.5 Å². The van der Waals surface area contributed by atoms with Crippen molar-refractivity contribution in [2.24, 2.45) is 5.73 Å². The van der Waals surface area contributed by atoms with E-state index in [4.69, 9.17) is 15.2 Å². The molecule has 1 atom stereocenters. The first kappa shape index (κ1) is 14.6. The Labute approximate surface area is 120 Å². The fourth-order valence-corrected chi connectivity index (χ4v) is 2.02. The molecule has 20 heavy (non-hydrogen) atoms. The molecule has 0 radical (unpaired) electrons. The zero-order chi connectivity index (χ0) is 14.4. The number of hydrogen-bond acceptors (Lipinski definition) is 3. The van der Waals surface area contributed by atoms with Crippen LogP contribution >= 0.6 is 0 Å². The van der Waals surface area contributed by atoms with Gasteiger partial charge < -0.3 is 15.2 Å². The van der Waals surface area contributed by atoms with E-state index < -0.39 is 0 Å². The van der Waals surface area contributed by atoms with Crippen molar-refractivity contribution in [2.45, 2.75) is 26.0 Å². The van der Waals surface area contributed by atoms with Gasteiger partial charge >= 0.3 is 0 Å². The molecule has 0 aliphatic heterocycles. The van der Waals surface area contributed by atoms with Gasteiger partial charge in [0, 0.05) is 13.2 Å². The van der Waals surface area contributed by atoms with E-state index in [1.54, 1.807) is 7.11 Å². The van der Waals surface area contributed by atoms with Crippen LogP contribution in [0, 0.1) is 0 Å². The Morgan fingerprint density at radius 2 is 1.80 bits per heavy atom. The second kappa shape index (κ2) is 7.08. The van der Waals surface area contributed by atoms with E-state index in [-0.39, 0.29) is 6.04 Å². The van der Waals surface area contributed by atoms with Crippen molar-refractivity contribution in [3.8, 4) is 11.5 Å². The lowest BCUT2D eigenvalue weighted by molar-refractivity contribution is 0.184. The topological polar surface area (TPSA) is 44.5 Å². The van der Waals surface area contributed by atoms with Crippen molar-refractivity contribution in [3.63, 3.8) is 0 Å². The number of benzene rings is 2. The maximum atomic E-state index is 6.00. The van der Waals surface area contributed by atoms with Crippen LogP contribution in [0.15, 0.2) is 48.5 Å². The van der Waals surface area contributed by atoms with E-state index >= 15 is 0 Å². The highest BCUT2D eigenvalue weighted by atomic mass is 16.5. The molecule has 0 aromatic heterocycles. The predicted molar refractivity (Wildman–Crippen MR) is 80.9 cm³/mol. The molecule has 0 fully saturated rings. The van der Waals surface area contributed by atoms with Gasteiger partial charge in [-0.1, -0.05) is 31.2 Å². The smallest absolute Gasteiger partial charge is 0.127 e. The van der Waals surface area contributed by atoms with E-state index in [2.05, 4.69) is 6.92 Å². The van der Waals surface area contributed by atoms with Crippen LogP contribution in [0.2, 0.25) is 0 Å². The fraction of sp³-hybridized carbons (Fsp3) is 0.294. The summed E-state index contributed by atoms with van der Waals surface area (Å²) in [5, 5.41) is 0. The molecule has 0 saturated heterocycles. The summed E-state index contributed by atoms with van der Waals surface area (Å²) in [7, 11) is 1.68. The van der Waals surface area contributed by atoms with E-state index in [1.807, 2.05) is 48.5 Å². The van der Waals surface area contributed by atoms with Gasteiger partial charge in [0.05, 0.1) is 6.61 Å². The van der Waals surface area contributed by atoms with Crippen LogP contribution in [0.3, 0.4) is 0 Å². The molecule has 0 amide bonds. The molecule has 0 heterocycles. The molecule has 0 aliphatic carbocycles. The second-order valence-electron chi connectivity index (χ2n) is 4.77. The Morgan fingerprint density at radius 3 is 2.45 bits per heavy atom.